The number of carbonyl (C=O) groups is 2. The standard InChI is InChI=1S/C14H16N2O3S/c1-3-9-4-5-10-11(8-9)20-14(15-10)16-12(17)6-7-13(18)19-2/h4-5,8H,3,6-7H2,1-2H3,(H,15,16,17). The average molecular weight is 292 g/mol. The molecule has 1 heterocycles. The quantitative estimate of drug-likeness (QED) is 0.860. The summed E-state index contributed by atoms with van der Waals surface area (Å²) < 4.78 is 5.54. The molecule has 6 heteroatoms. The molecule has 0 atom stereocenters. The van der Waals surface area contributed by atoms with Gasteiger partial charge < -0.3 is 10.1 Å². The van der Waals surface area contributed by atoms with Gasteiger partial charge in [-0.25, -0.2) is 4.98 Å². The number of anilines is 1. The van der Waals surface area contributed by atoms with Crippen LogP contribution in [-0.4, -0.2) is 24.0 Å². The molecule has 0 saturated carbocycles. The van der Waals surface area contributed by atoms with Crippen LogP contribution in [-0.2, 0) is 20.7 Å². The van der Waals surface area contributed by atoms with Gasteiger partial charge in [0.25, 0.3) is 0 Å². The minimum atomic E-state index is -0.392. The number of hydrogen-bond acceptors (Lipinski definition) is 5. The van der Waals surface area contributed by atoms with Gasteiger partial charge in [-0.15, -0.1) is 0 Å². The normalized spacial score (nSPS) is 10.5. The van der Waals surface area contributed by atoms with Crippen molar-refractivity contribution in [3.63, 3.8) is 0 Å². The maximum Gasteiger partial charge on any atom is 0.306 e. The second kappa shape index (κ2) is 6.47. The van der Waals surface area contributed by atoms with E-state index < -0.39 is 5.97 Å². The summed E-state index contributed by atoms with van der Waals surface area (Å²) in [5, 5.41) is 3.27. The van der Waals surface area contributed by atoms with Gasteiger partial charge >= 0.3 is 5.97 Å². The van der Waals surface area contributed by atoms with Crippen LogP contribution in [0.15, 0.2) is 18.2 Å². The molecule has 0 spiro atoms. The van der Waals surface area contributed by atoms with E-state index in [2.05, 4.69) is 28.0 Å². The number of hydrogen-bond donors (Lipinski definition) is 1. The highest BCUT2D eigenvalue weighted by Crippen LogP contribution is 2.27. The van der Waals surface area contributed by atoms with Crippen molar-refractivity contribution in [2.45, 2.75) is 26.2 Å². The topological polar surface area (TPSA) is 68.3 Å². The van der Waals surface area contributed by atoms with Gasteiger partial charge in [-0.2, -0.15) is 0 Å². The molecule has 2 aromatic rings. The lowest BCUT2D eigenvalue weighted by Crippen LogP contribution is -2.13. The van der Waals surface area contributed by atoms with Crippen LogP contribution in [0.5, 0.6) is 0 Å². The molecule has 0 saturated heterocycles. The second-order valence-electron chi connectivity index (χ2n) is 4.30. The smallest absolute Gasteiger partial charge is 0.306 e. The average Bonchev–Trinajstić information content (AvgIpc) is 2.85. The predicted octanol–water partition coefficient (Wildman–Crippen LogP) is 2.75. The zero-order chi connectivity index (χ0) is 14.5. The number of aryl methyl sites for hydroxylation is 1. The van der Waals surface area contributed by atoms with Crippen molar-refractivity contribution in [3.8, 4) is 0 Å². The Bertz CT molecular complexity index is 636. The van der Waals surface area contributed by atoms with Crippen LogP contribution in [0.3, 0.4) is 0 Å². The molecule has 0 aliphatic carbocycles. The molecule has 0 aliphatic rings. The van der Waals surface area contributed by atoms with E-state index in [4.69, 9.17) is 0 Å². The van der Waals surface area contributed by atoms with Gasteiger partial charge in [0.05, 0.1) is 23.7 Å². The third-order valence-electron chi connectivity index (χ3n) is 2.89. The Kier molecular flexibility index (Phi) is 4.68. The van der Waals surface area contributed by atoms with E-state index in [0.717, 1.165) is 16.6 Å². The Morgan fingerprint density at radius 1 is 1.35 bits per heavy atom. The summed E-state index contributed by atoms with van der Waals surface area (Å²) in [6.07, 6.45) is 1.14. The number of rotatable bonds is 5. The van der Waals surface area contributed by atoms with E-state index in [1.165, 1.54) is 24.0 Å². The van der Waals surface area contributed by atoms with E-state index >= 15 is 0 Å². The largest absolute Gasteiger partial charge is 0.469 e. The number of nitrogens with zero attached hydrogens (tertiary/aromatic N) is 1. The first-order valence-corrected chi connectivity index (χ1v) is 7.20. The molecule has 1 aromatic heterocycles. The van der Waals surface area contributed by atoms with Crippen molar-refractivity contribution in [2.24, 2.45) is 0 Å². The van der Waals surface area contributed by atoms with Gasteiger partial charge in [0.15, 0.2) is 5.13 Å². The van der Waals surface area contributed by atoms with Gasteiger partial charge in [0, 0.05) is 6.42 Å². The predicted molar refractivity (Wildman–Crippen MR) is 78.9 cm³/mol. The molecule has 5 nitrogen and oxygen atoms in total. The maximum atomic E-state index is 11.7. The third kappa shape index (κ3) is 3.54. The zero-order valence-corrected chi connectivity index (χ0v) is 12.3. The van der Waals surface area contributed by atoms with Crippen LogP contribution in [0.4, 0.5) is 5.13 Å². The number of aromatic nitrogens is 1. The first-order chi connectivity index (χ1) is 9.62. The molecule has 0 unspecified atom stereocenters. The van der Waals surface area contributed by atoms with E-state index in [1.54, 1.807) is 0 Å². The van der Waals surface area contributed by atoms with Crippen molar-refractivity contribution in [3.05, 3.63) is 23.8 Å². The summed E-state index contributed by atoms with van der Waals surface area (Å²) in [5.41, 5.74) is 2.11. The number of nitrogens with one attached hydrogen (secondary N) is 1. The Morgan fingerprint density at radius 3 is 2.85 bits per heavy atom. The number of benzene rings is 1. The minimum Gasteiger partial charge on any atom is -0.469 e. The van der Waals surface area contributed by atoms with E-state index in [1.807, 2.05) is 12.1 Å². The van der Waals surface area contributed by atoms with Crippen LogP contribution in [0.25, 0.3) is 10.2 Å². The molecule has 0 radical (unpaired) electrons. The summed E-state index contributed by atoms with van der Waals surface area (Å²) in [7, 11) is 1.30. The Morgan fingerprint density at radius 2 is 2.15 bits per heavy atom. The second-order valence-corrected chi connectivity index (χ2v) is 5.33. The van der Waals surface area contributed by atoms with Gasteiger partial charge in [0.2, 0.25) is 5.91 Å². The summed E-state index contributed by atoms with van der Waals surface area (Å²) >= 11 is 1.44. The van der Waals surface area contributed by atoms with E-state index in [-0.39, 0.29) is 18.7 Å². The number of esters is 1. The van der Waals surface area contributed by atoms with Crippen LogP contribution in [0.2, 0.25) is 0 Å². The summed E-state index contributed by atoms with van der Waals surface area (Å²) in [4.78, 5) is 27.0. The maximum absolute atomic E-state index is 11.7. The first kappa shape index (κ1) is 14.5. The molecular weight excluding hydrogens is 276 g/mol. The third-order valence-corrected chi connectivity index (χ3v) is 3.82. The lowest BCUT2D eigenvalue weighted by atomic mass is 10.2. The molecule has 20 heavy (non-hydrogen) atoms. The highest BCUT2D eigenvalue weighted by molar-refractivity contribution is 7.22. The van der Waals surface area contributed by atoms with Crippen molar-refractivity contribution < 1.29 is 14.3 Å². The summed E-state index contributed by atoms with van der Waals surface area (Å²) in [5.74, 6) is -0.623. The minimum absolute atomic E-state index is 0.0766. The van der Waals surface area contributed by atoms with Crippen molar-refractivity contribution >= 4 is 38.6 Å². The van der Waals surface area contributed by atoms with Crippen LogP contribution >= 0.6 is 11.3 Å². The molecule has 1 amide bonds. The van der Waals surface area contributed by atoms with Gasteiger partial charge in [-0.05, 0) is 24.1 Å². The van der Waals surface area contributed by atoms with Crippen LogP contribution in [0.1, 0.15) is 25.3 Å². The molecule has 1 aromatic carbocycles. The number of fused-ring (bicyclic) bond motifs is 1. The molecule has 0 bridgehead atoms. The SMILES string of the molecule is CCc1ccc2nc(NC(=O)CCC(=O)OC)sc2c1. The van der Waals surface area contributed by atoms with Gasteiger partial charge in [0.1, 0.15) is 0 Å². The highest BCUT2D eigenvalue weighted by atomic mass is 32.1. The molecule has 2 rings (SSSR count). The number of ether oxygens (including phenoxy) is 1. The summed E-state index contributed by atoms with van der Waals surface area (Å²) in [6.45, 7) is 2.09. The fraction of sp³-hybridized carbons (Fsp3) is 0.357. The van der Waals surface area contributed by atoms with Crippen LogP contribution in [0, 0.1) is 0 Å². The number of amides is 1. The molecule has 1 N–H and O–H groups in total. The Labute approximate surface area is 121 Å². The van der Waals surface area contributed by atoms with Gasteiger partial charge in [-0.1, -0.05) is 24.3 Å². The molecular formula is C14H16N2O3S. The summed E-state index contributed by atoms with van der Waals surface area (Å²) in [6, 6.07) is 6.07. The van der Waals surface area contributed by atoms with Gasteiger partial charge in [-0.3, -0.25) is 9.59 Å². The monoisotopic (exact) mass is 292 g/mol. The number of methoxy groups -OCH3 is 1. The lowest BCUT2D eigenvalue weighted by Gasteiger charge is -2.00. The highest BCUT2D eigenvalue weighted by Gasteiger charge is 2.10. The van der Waals surface area contributed by atoms with Crippen molar-refractivity contribution in [1.82, 2.24) is 4.98 Å². The van der Waals surface area contributed by atoms with Crippen LogP contribution < -0.4 is 5.32 Å². The first-order valence-electron chi connectivity index (χ1n) is 6.38. The zero-order valence-electron chi connectivity index (χ0n) is 11.4. The Balaban J connectivity index is 2.02. The van der Waals surface area contributed by atoms with Crippen molar-refractivity contribution in [2.75, 3.05) is 12.4 Å². The number of carbonyl (C=O) groups excluding carboxylic acids is 2. The Hall–Kier alpha value is -1.95. The van der Waals surface area contributed by atoms with E-state index in [9.17, 15) is 9.59 Å². The number of thiazole rings is 1. The van der Waals surface area contributed by atoms with Crippen molar-refractivity contribution in [1.29, 1.82) is 0 Å². The molecule has 106 valence electrons. The molecule has 0 aliphatic heterocycles. The fourth-order valence-electron chi connectivity index (χ4n) is 1.74. The molecule has 0 fully saturated rings. The lowest BCUT2D eigenvalue weighted by molar-refractivity contribution is -0.141. The van der Waals surface area contributed by atoms with E-state index in [0.29, 0.717) is 5.13 Å². The fourth-order valence-corrected chi connectivity index (χ4v) is 2.69.